The molecular formula is C15H19NO5. The first-order valence-electron chi connectivity index (χ1n) is 6.23. The van der Waals surface area contributed by atoms with Crippen LogP contribution in [0.2, 0.25) is 0 Å². The van der Waals surface area contributed by atoms with Gasteiger partial charge >= 0.3 is 5.97 Å². The maximum absolute atomic E-state index is 11.8. The molecule has 6 nitrogen and oxygen atoms in total. The molecule has 1 aromatic carbocycles. The standard InChI is InChI=1S/C15H19NO5/c1-9(2)6-14(17)16-11-8-13(20-4)12(19-3)7-10(11)15(18)21-5/h6-8H,1-5H3,(H,16,17). The number of nitrogens with one attached hydrogen (secondary N) is 1. The van der Waals surface area contributed by atoms with E-state index in [4.69, 9.17) is 14.2 Å². The average molecular weight is 293 g/mol. The summed E-state index contributed by atoms with van der Waals surface area (Å²) in [5.41, 5.74) is 1.32. The zero-order chi connectivity index (χ0) is 16.0. The van der Waals surface area contributed by atoms with E-state index in [2.05, 4.69) is 5.32 Å². The molecule has 1 amide bonds. The van der Waals surface area contributed by atoms with Gasteiger partial charge in [-0.2, -0.15) is 0 Å². The van der Waals surface area contributed by atoms with E-state index in [-0.39, 0.29) is 11.5 Å². The highest BCUT2D eigenvalue weighted by Crippen LogP contribution is 2.33. The van der Waals surface area contributed by atoms with Crippen molar-refractivity contribution in [1.29, 1.82) is 0 Å². The zero-order valence-electron chi connectivity index (χ0n) is 12.8. The number of allylic oxidation sites excluding steroid dienone is 1. The number of hydrogen-bond donors (Lipinski definition) is 1. The van der Waals surface area contributed by atoms with Crippen molar-refractivity contribution >= 4 is 17.6 Å². The molecule has 0 heterocycles. The van der Waals surface area contributed by atoms with E-state index in [0.717, 1.165) is 5.57 Å². The van der Waals surface area contributed by atoms with Crippen molar-refractivity contribution in [1.82, 2.24) is 0 Å². The van der Waals surface area contributed by atoms with Gasteiger partial charge in [0, 0.05) is 18.2 Å². The first-order valence-corrected chi connectivity index (χ1v) is 6.23. The van der Waals surface area contributed by atoms with Crippen molar-refractivity contribution < 1.29 is 23.8 Å². The largest absolute Gasteiger partial charge is 0.493 e. The minimum absolute atomic E-state index is 0.186. The van der Waals surface area contributed by atoms with Crippen LogP contribution >= 0.6 is 0 Å². The van der Waals surface area contributed by atoms with Crippen LogP contribution in [0.4, 0.5) is 5.69 Å². The number of ether oxygens (including phenoxy) is 3. The first-order chi connectivity index (χ1) is 9.92. The second-order valence-corrected chi connectivity index (χ2v) is 4.46. The molecule has 0 aliphatic carbocycles. The minimum Gasteiger partial charge on any atom is -0.493 e. The Kier molecular flexibility index (Phi) is 5.78. The summed E-state index contributed by atoms with van der Waals surface area (Å²) in [6, 6.07) is 2.98. The van der Waals surface area contributed by atoms with E-state index in [9.17, 15) is 9.59 Å². The van der Waals surface area contributed by atoms with Crippen LogP contribution < -0.4 is 14.8 Å². The molecule has 0 spiro atoms. The summed E-state index contributed by atoms with van der Waals surface area (Å²) in [5, 5.41) is 2.63. The van der Waals surface area contributed by atoms with Crippen molar-refractivity contribution in [2.75, 3.05) is 26.6 Å². The van der Waals surface area contributed by atoms with Gasteiger partial charge in [-0.25, -0.2) is 4.79 Å². The molecule has 0 radical (unpaired) electrons. The molecule has 0 bridgehead atoms. The zero-order valence-corrected chi connectivity index (χ0v) is 12.8. The van der Waals surface area contributed by atoms with Crippen LogP contribution in [0.5, 0.6) is 11.5 Å². The molecule has 0 aliphatic heterocycles. The highest BCUT2D eigenvalue weighted by atomic mass is 16.5. The maximum atomic E-state index is 11.8. The van der Waals surface area contributed by atoms with Crippen LogP contribution in [0, 0.1) is 0 Å². The Balaban J connectivity index is 3.30. The molecule has 0 aromatic heterocycles. The van der Waals surface area contributed by atoms with Crippen LogP contribution in [0.3, 0.4) is 0 Å². The molecule has 0 fully saturated rings. The normalized spacial score (nSPS) is 9.57. The molecule has 1 aromatic rings. The van der Waals surface area contributed by atoms with Gasteiger partial charge in [0.25, 0.3) is 0 Å². The van der Waals surface area contributed by atoms with Gasteiger partial charge in [-0.3, -0.25) is 4.79 Å². The molecule has 6 heteroatoms. The molecule has 21 heavy (non-hydrogen) atoms. The van der Waals surface area contributed by atoms with Crippen molar-refractivity contribution in [2.24, 2.45) is 0 Å². The Morgan fingerprint density at radius 2 is 1.62 bits per heavy atom. The quantitative estimate of drug-likeness (QED) is 0.666. The fourth-order valence-corrected chi connectivity index (χ4v) is 1.69. The molecule has 0 saturated heterocycles. The smallest absolute Gasteiger partial charge is 0.340 e. The Hall–Kier alpha value is -2.50. The monoisotopic (exact) mass is 293 g/mol. The lowest BCUT2D eigenvalue weighted by molar-refractivity contribution is -0.111. The van der Waals surface area contributed by atoms with E-state index < -0.39 is 5.97 Å². The summed E-state index contributed by atoms with van der Waals surface area (Å²) < 4.78 is 15.0. The molecule has 0 unspecified atom stereocenters. The van der Waals surface area contributed by atoms with Gasteiger partial charge in [0.2, 0.25) is 5.91 Å². The average Bonchev–Trinajstić information content (AvgIpc) is 2.44. The number of rotatable bonds is 5. The van der Waals surface area contributed by atoms with Gasteiger partial charge in [-0.1, -0.05) is 5.57 Å². The van der Waals surface area contributed by atoms with Crippen LogP contribution in [-0.4, -0.2) is 33.2 Å². The summed E-state index contributed by atoms with van der Waals surface area (Å²) in [6.45, 7) is 3.60. The first kappa shape index (κ1) is 16.6. The highest BCUT2D eigenvalue weighted by Gasteiger charge is 2.18. The van der Waals surface area contributed by atoms with Gasteiger partial charge in [0.05, 0.1) is 32.6 Å². The number of methoxy groups -OCH3 is 3. The van der Waals surface area contributed by atoms with Gasteiger partial charge in [0.15, 0.2) is 11.5 Å². The fourth-order valence-electron chi connectivity index (χ4n) is 1.69. The second kappa shape index (κ2) is 7.33. The van der Waals surface area contributed by atoms with Crippen molar-refractivity contribution in [3.8, 4) is 11.5 Å². The van der Waals surface area contributed by atoms with E-state index >= 15 is 0 Å². The lowest BCUT2D eigenvalue weighted by atomic mass is 10.1. The van der Waals surface area contributed by atoms with Crippen molar-refractivity contribution in [3.05, 3.63) is 29.3 Å². The minimum atomic E-state index is -0.580. The van der Waals surface area contributed by atoms with Crippen LogP contribution in [0.25, 0.3) is 0 Å². The van der Waals surface area contributed by atoms with Crippen molar-refractivity contribution in [2.45, 2.75) is 13.8 Å². The molecule has 114 valence electrons. The molecular weight excluding hydrogens is 274 g/mol. The van der Waals surface area contributed by atoms with Gasteiger partial charge in [-0.05, 0) is 13.8 Å². The number of carbonyl (C=O) groups is 2. The number of benzene rings is 1. The summed E-state index contributed by atoms with van der Waals surface area (Å²) >= 11 is 0. The van der Waals surface area contributed by atoms with E-state index in [1.54, 1.807) is 13.8 Å². The second-order valence-electron chi connectivity index (χ2n) is 4.46. The third kappa shape index (κ3) is 4.24. The third-order valence-corrected chi connectivity index (χ3v) is 2.61. The number of hydrogen-bond acceptors (Lipinski definition) is 5. The van der Waals surface area contributed by atoms with E-state index in [0.29, 0.717) is 17.2 Å². The van der Waals surface area contributed by atoms with Crippen LogP contribution in [0.1, 0.15) is 24.2 Å². The van der Waals surface area contributed by atoms with Gasteiger partial charge in [-0.15, -0.1) is 0 Å². The Morgan fingerprint density at radius 3 is 2.10 bits per heavy atom. The van der Waals surface area contributed by atoms with E-state index in [1.807, 2.05) is 0 Å². The topological polar surface area (TPSA) is 73.9 Å². The SMILES string of the molecule is COC(=O)c1cc(OC)c(OC)cc1NC(=O)C=C(C)C. The predicted octanol–water partition coefficient (Wildman–Crippen LogP) is 2.40. The number of carbonyl (C=O) groups excluding carboxylic acids is 2. The van der Waals surface area contributed by atoms with Gasteiger partial charge < -0.3 is 19.5 Å². The highest BCUT2D eigenvalue weighted by molar-refractivity contribution is 6.05. The summed E-state index contributed by atoms with van der Waals surface area (Å²) in [6.07, 6.45) is 1.43. The van der Waals surface area contributed by atoms with Crippen molar-refractivity contribution in [3.63, 3.8) is 0 Å². The number of esters is 1. The maximum Gasteiger partial charge on any atom is 0.340 e. The Labute approximate surface area is 123 Å². The predicted molar refractivity (Wildman–Crippen MR) is 78.9 cm³/mol. The molecule has 1 N–H and O–H groups in total. The third-order valence-electron chi connectivity index (χ3n) is 2.61. The molecule has 0 saturated carbocycles. The van der Waals surface area contributed by atoms with Gasteiger partial charge in [0.1, 0.15) is 0 Å². The van der Waals surface area contributed by atoms with Crippen LogP contribution in [-0.2, 0) is 9.53 Å². The lowest BCUT2D eigenvalue weighted by Crippen LogP contribution is -2.14. The summed E-state index contributed by atoms with van der Waals surface area (Å²) in [7, 11) is 4.19. The molecule has 1 rings (SSSR count). The number of amides is 1. The Morgan fingerprint density at radius 1 is 1.05 bits per heavy atom. The summed E-state index contributed by atoms with van der Waals surface area (Å²) in [4.78, 5) is 23.6. The molecule has 0 aliphatic rings. The lowest BCUT2D eigenvalue weighted by Gasteiger charge is -2.14. The van der Waals surface area contributed by atoms with E-state index in [1.165, 1.54) is 39.5 Å². The van der Waals surface area contributed by atoms with Crippen LogP contribution in [0.15, 0.2) is 23.8 Å². The molecule has 0 atom stereocenters. The Bertz CT molecular complexity index is 574. The number of anilines is 1. The fraction of sp³-hybridized carbons (Fsp3) is 0.333. The summed E-state index contributed by atoms with van der Waals surface area (Å²) in [5.74, 6) is -0.147.